The van der Waals surface area contributed by atoms with Gasteiger partial charge in [-0.15, -0.1) is 10.2 Å². The number of hydrogen-bond acceptors (Lipinski definition) is 3. The summed E-state index contributed by atoms with van der Waals surface area (Å²) in [4.78, 5) is 10.3. The molecule has 1 aromatic heterocycles. The van der Waals surface area contributed by atoms with E-state index in [0.29, 0.717) is 0 Å². The first-order chi connectivity index (χ1) is 5.11. The van der Waals surface area contributed by atoms with E-state index in [9.17, 15) is 4.79 Å². The fourth-order valence-corrected chi connectivity index (χ4v) is 0.692. The van der Waals surface area contributed by atoms with E-state index in [2.05, 4.69) is 10.2 Å². The van der Waals surface area contributed by atoms with Crippen LogP contribution in [-0.2, 0) is 0 Å². The van der Waals surface area contributed by atoms with Crippen molar-refractivity contribution in [3.8, 4) is 0 Å². The van der Waals surface area contributed by atoms with E-state index >= 15 is 0 Å². The van der Waals surface area contributed by atoms with Gasteiger partial charge in [0.25, 0.3) is 0 Å². The molecule has 0 aliphatic rings. The first kappa shape index (κ1) is 8.23. The quantitative estimate of drug-likeness (QED) is 0.733. The van der Waals surface area contributed by atoms with Crippen LogP contribution in [0.15, 0.2) is 6.07 Å². The van der Waals surface area contributed by atoms with Crippen LogP contribution >= 0.6 is 23.2 Å². The summed E-state index contributed by atoms with van der Waals surface area (Å²) < 4.78 is 0. The van der Waals surface area contributed by atoms with E-state index in [1.165, 1.54) is 0 Å². The van der Waals surface area contributed by atoms with E-state index in [1.54, 1.807) is 0 Å². The molecule has 1 heterocycles. The van der Waals surface area contributed by atoms with Crippen molar-refractivity contribution in [1.82, 2.24) is 10.2 Å². The Balaban J connectivity index is 3.15. The van der Waals surface area contributed by atoms with Crippen LogP contribution in [0.3, 0.4) is 0 Å². The molecule has 0 fully saturated rings. The number of nitrogens with zero attached hydrogens (tertiary/aromatic N) is 2. The Morgan fingerprint density at radius 3 is 2.55 bits per heavy atom. The van der Waals surface area contributed by atoms with Gasteiger partial charge in [0.05, 0.1) is 5.02 Å². The monoisotopic (exact) mass is 192 g/mol. The van der Waals surface area contributed by atoms with Gasteiger partial charge in [-0.05, 0) is 6.07 Å². The van der Waals surface area contributed by atoms with Gasteiger partial charge in [-0.3, -0.25) is 0 Å². The van der Waals surface area contributed by atoms with Crippen molar-refractivity contribution in [1.29, 1.82) is 0 Å². The predicted octanol–water partition coefficient (Wildman–Crippen LogP) is 1.48. The number of carbonyl (C=O) groups is 1. The maximum Gasteiger partial charge on any atom is 0.356 e. The molecule has 0 aromatic carbocycles. The number of carboxylic acids is 1. The Labute approximate surface area is 71.8 Å². The van der Waals surface area contributed by atoms with Gasteiger partial charge in [-0.2, -0.15) is 0 Å². The third-order valence-corrected chi connectivity index (χ3v) is 1.59. The van der Waals surface area contributed by atoms with Crippen LogP contribution in [0.25, 0.3) is 0 Å². The van der Waals surface area contributed by atoms with Crippen LogP contribution in [0.1, 0.15) is 10.5 Å². The highest BCUT2D eigenvalue weighted by molar-refractivity contribution is 6.41. The number of hydrogen-bond donors (Lipinski definition) is 1. The summed E-state index contributed by atoms with van der Waals surface area (Å²) in [6, 6.07) is 1.14. The van der Waals surface area contributed by atoms with Gasteiger partial charge in [-0.1, -0.05) is 23.2 Å². The minimum absolute atomic E-state index is 0.00309. The van der Waals surface area contributed by atoms with E-state index in [-0.39, 0.29) is 15.9 Å². The Morgan fingerprint density at radius 2 is 2.09 bits per heavy atom. The molecule has 0 spiro atoms. The summed E-state index contributed by atoms with van der Waals surface area (Å²) in [5, 5.41) is 15.1. The van der Waals surface area contributed by atoms with Crippen molar-refractivity contribution in [2.24, 2.45) is 0 Å². The van der Waals surface area contributed by atoms with Gasteiger partial charge >= 0.3 is 5.97 Å². The molecular weight excluding hydrogens is 191 g/mol. The van der Waals surface area contributed by atoms with Crippen molar-refractivity contribution >= 4 is 29.2 Å². The van der Waals surface area contributed by atoms with Gasteiger partial charge in [-0.25, -0.2) is 4.79 Å². The SMILES string of the molecule is O=C(O)c1cc(Cl)c(Cl)nn1. The molecule has 0 saturated heterocycles. The molecule has 0 aliphatic heterocycles. The number of carboxylic acid groups (broad SMARTS) is 1. The van der Waals surface area contributed by atoms with E-state index in [0.717, 1.165) is 6.07 Å². The third-order valence-electron chi connectivity index (χ3n) is 0.925. The first-order valence-electron chi connectivity index (χ1n) is 2.53. The average molecular weight is 193 g/mol. The van der Waals surface area contributed by atoms with E-state index < -0.39 is 5.97 Å². The molecular formula is C5H2Cl2N2O2. The minimum Gasteiger partial charge on any atom is -0.476 e. The maximum atomic E-state index is 10.3. The lowest BCUT2D eigenvalue weighted by atomic mass is 10.4. The molecule has 1 aromatic rings. The summed E-state index contributed by atoms with van der Waals surface area (Å²) in [7, 11) is 0. The summed E-state index contributed by atoms with van der Waals surface area (Å²) in [6.07, 6.45) is 0. The highest BCUT2D eigenvalue weighted by Gasteiger charge is 2.07. The van der Waals surface area contributed by atoms with Gasteiger partial charge in [0.2, 0.25) is 0 Å². The maximum absolute atomic E-state index is 10.3. The molecule has 11 heavy (non-hydrogen) atoms. The number of aromatic nitrogens is 2. The molecule has 6 heteroatoms. The molecule has 0 aliphatic carbocycles. The zero-order chi connectivity index (χ0) is 8.43. The normalized spacial score (nSPS) is 9.64. The van der Waals surface area contributed by atoms with Crippen LogP contribution in [0.2, 0.25) is 10.2 Å². The number of aromatic carboxylic acids is 1. The lowest BCUT2D eigenvalue weighted by Gasteiger charge is -1.93. The van der Waals surface area contributed by atoms with Crippen molar-refractivity contribution < 1.29 is 9.90 Å². The Hall–Kier alpha value is -0.870. The molecule has 4 nitrogen and oxygen atoms in total. The van der Waals surface area contributed by atoms with Gasteiger partial charge in [0, 0.05) is 0 Å². The third kappa shape index (κ3) is 1.78. The van der Waals surface area contributed by atoms with Crippen molar-refractivity contribution in [2.45, 2.75) is 0 Å². The predicted molar refractivity (Wildman–Crippen MR) is 39.0 cm³/mol. The number of rotatable bonds is 1. The standard InChI is InChI=1S/C5H2Cl2N2O2/c6-2-1-3(5(10)11)8-9-4(2)7/h1H,(H,10,11). The Bertz CT molecular complexity index is 303. The summed E-state index contributed by atoms with van der Waals surface area (Å²) in [6.45, 7) is 0. The molecule has 1 N–H and O–H groups in total. The second-order valence-electron chi connectivity index (χ2n) is 1.67. The molecule has 0 unspecified atom stereocenters. The van der Waals surface area contributed by atoms with E-state index in [1.807, 2.05) is 0 Å². The van der Waals surface area contributed by atoms with Crippen LogP contribution in [-0.4, -0.2) is 21.3 Å². The molecule has 0 radical (unpaired) electrons. The fourth-order valence-electron chi connectivity index (χ4n) is 0.458. The smallest absolute Gasteiger partial charge is 0.356 e. The Morgan fingerprint density at radius 1 is 1.45 bits per heavy atom. The zero-order valence-electron chi connectivity index (χ0n) is 5.08. The fraction of sp³-hybridized carbons (Fsp3) is 0. The van der Waals surface area contributed by atoms with Crippen molar-refractivity contribution in [3.63, 3.8) is 0 Å². The van der Waals surface area contributed by atoms with Crippen molar-refractivity contribution in [3.05, 3.63) is 21.9 Å². The van der Waals surface area contributed by atoms with Crippen LogP contribution in [0.4, 0.5) is 0 Å². The second kappa shape index (κ2) is 3.02. The second-order valence-corrected chi connectivity index (χ2v) is 2.44. The molecule has 0 amide bonds. The van der Waals surface area contributed by atoms with Crippen LogP contribution < -0.4 is 0 Å². The van der Waals surface area contributed by atoms with Crippen LogP contribution in [0.5, 0.6) is 0 Å². The number of halogens is 2. The molecule has 0 atom stereocenters. The van der Waals surface area contributed by atoms with Gasteiger partial charge in [0.15, 0.2) is 10.8 Å². The molecule has 0 saturated carbocycles. The Kier molecular flexibility index (Phi) is 2.26. The topological polar surface area (TPSA) is 63.1 Å². The summed E-state index contributed by atoms with van der Waals surface area (Å²) >= 11 is 10.8. The summed E-state index contributed by atoms with van der Waals surface area (Å²) in [5.74, 6) is -1.18. The highest BCUT2D eigenvalue weighted by Crippen LogP contribution is 2.17. The molecule has 58 valence electrons. The minimum atomic E-state index is -1.18. The largest absolute Gasteiger partial charge is 0.476 e. The molecule has 0 bridgehead atoms. The summed E-state index contributed by atoms with van der Waals surface area (Å²) in [5.41, 5.74) is -0.223. The molecule has 1 rings (SSSR count). The first-order valence-corrected chi connectivity index (χ1v) is 3.29. The van der Waals surface area contributed by atoms with Gasteiger partial charge < -0.3 is 5.11 Å². The average Bonchev–Trinajstić information content (AvgIpc) is 1.94. The lowest BCUT2D eigenvalue weighted by molar-refractivity contribution is 0.0689. The van der Waals surface area contributed by atoms with E-state index in [4.69, 9.17) is 28.3 Å². The van der Waals surface area contributed by atoms with Crippen LogP contribution in [0, 0.1) is 0 Å². The van der Waals surface area contributed by atoms with Gasteiger partial charge in [0.1, 0.15) is 0 Å². The highest BCUT2D eigenvalue weighted by atomic mass is 35.5. The van der Waals surface area contributed by atoms with Crippen molar-refractivity contribution in [2.75, 3.05) is 0 Å². The zero-order valence-corrected chi connectivity index (χ0v) is 6.60. The lowest BCUT2D eigenvalue weighted by Crippen LogP contribution is -2.01.